The summed E-state index contributed by atoms with van der Waals surface area (Å²) in [5, 5.41) is 12.1. The molecule has 0 spiro atoms. The van der Waals surface area contributed by atoms with Gasteiger partial charge in [0.05, 0.1) is 0 Å². The monoisotopic (exact) mass is 277 g/mol. The van der Waals surface area contributed by atoms with Gasteiger partial charge in [0.2, 0.25) is 0 Å². The van der Waals surface area contributed by atoms with Crippen LogP contribution < -0.4 is 5.32 Å². The van der Waals surface area contributed by atoms with E-state index < -0.39 is 5.97 Å². The number of carbonyl (C=O) groups is 1. The first-order valence-corrected chi connectivity index (χ1v) is 7.32. The van der Waals surface area contributed by atoms with E-state index in [0.717, 1.165) is 25.4 Å². The lowest BCUT2D eigenvalue weighted by atomic mass is 9.99. The molecule has 0 amide bonds. The molecule has 0 aliphatic carbocycles. The summed E-state index contributed by atoms with van der Waals surface area (Å²) in [6.45, 7) is 6.64. The van der Waals surface area contributed by atoms with Crippen LogP contribution in [0.1, 0.15) is 36.7 Å². The summed E-state index contributed by atoms with van der Waals surface area (Å²) in [6, 6.07) is 5.02. The van der Waals surface area contributed by atoms with Crippen LogP contribution in [0.3, 0.4) is 0 Å². The predicted octanol–water partition coefficient (Wildman–Crippen LogP) is 2.31. The number of pyridine rings is 1. The molecule has 2 N–H and O–H groups in total. The standard InChI is InChI=1S/C15H23N3O2/c1-12-6-10-18(11-7-12)9-3-8-16-14-5-2-4-13(17-14)15(19)20/h2,4-5,12H,3,6-11H2,1H3,(H,16,17)(H,19,20). The van der Waals surface area contributed by atoms with Crippen molar-refractivity contribution in [2.45, 2.75) is 26.2 Å². The number of hydrogen-bond donors (Lipinski definition) is 2. The zero-order valence-electron chi connectivity index (χ0n) is 12.0. The van der Waals surface area contributed by atoms with Crippen molar-refractivity contribution in [3.63, 3.8) is 0 Å². The number of carboxylic acids is 1. The molecule has 0 saturated carbocycles. The molecule has 2 heterocycles. The third-order valence-corrected chi connectivity index (χ3v) is 3.80. The maximum Gasteiger partial charge on any atom is 0.354 e. The first-order chi connectivity index (χ1) is 9.65. The number of anilines is 1. The zero-order chi connectivity index (χ0) is 14.4. The lowest BCUT2D eigenvalue weighted by molar-refractivity contribution is 0.0690. The van der Waals surface area contributed by atoms with E-state index in [1.807, 2.05) is 0 Å². The fraction of sp³-hybridized carbons (Fsp3) is 0.600. The number of likely N-dealkylation sites (tertiary alicyclic amines) is 1. The maximum absolute atomic E-state index is 10.8. The van der Waals surface area contributed by atoms with Crippen molar-refractivity contribution in [3.8, 4) is 0 Å². The first-order valence-electron chi connectivity index (χ1n) is 7.32. The molecule has 1 aromatic heterocycles. The molecule has 0 radical (unpaired) electrons. The minimum absolute atomic E-state index is 0.0834. The van der Waals surface area contributed by atoms with E-state index in [0.29, 0.717) is 5.82 Å². The maximum atomic E-state index is 10.8. The number of nitrogens with one attached hydrogen (secondary N) is 1. The van der Waals surface area contributed by atoms with Gasteiger partial charge in [0.25, 0.3) is 0 Å². The number of rotatable bonds is 6. The normalized spacial score (nSPS) is 17.1. The summed E-state index contributed by atoms with van der Waals surface area (Å²) in [6.07, 6.45) is 3.65. The van der Waals surface area contributed by atoms with E-state index in [-0.39, 0.29) is 5.69 Å². The van der Waals surface area contributed by atoms with E-state index >= 15 is 0 Å². The highest BCUT2D eigenvalue weighted by molar-refractivity contribution is 5.85. The van der Waals surface area contributed by atoms with E-state index in [2.05, 4.69) is 22.1 Å². The smallest absolute Gasteiger partial charge is 0.354 e. The van der Waals surface area contributed by atoms with Crippen LogP contribution in [0.2, 0.25) is 0 Å². The Morgan fingerprint density at radius 1 is 1.45 bits per heavy atom. The predicted molar refractivity (Wildman–Crippen MR) is 79.1 cm³/mol. The summed E-state index contributed by atoms with van der Waals surface area (Å²) in [4.78, 5) is 17.4. The van der Waals surface area contributed by atoms with E-state index in [1.54, 1.807) is 12.1 Å². The molecule has 5 nitrogen and oxygen atoms in total. The van der Waals surface area contributed by atoms with Crippen LogP contribution in [0.5, 0.6) is 0 Å². The molecule has 5 heteroatoms. The average molecular weight is 277 g/mol. The van der Waals surface area contributed by atoms with Crippen molar-refractivity contribution >= 4 is 11.8 Å². The minimum atomic E-state index is -0.990. The summed E-state index contributed by atoms with van der Waals surface area (Å²) in [5.74, 6) is 0.514. The van der Waals surface area contributed by atoms with E-state index in [4.69, 9.17) is 5.11 Å². The summed E-state index contributed by atoms with van der Waals surface area (Å²) < 4.78 is 0. The van der Waals surface area contributed by atoms with Crippen molar-refractivity contribution < 1.29 is 9.90 Å². The van der Waals surface area contributed by atoms with E-state index in [1.165, 1.54) is 32.0 Å². The van der Waals surface area contributed by atoms with Gasteiger partial charge >= 0.3 is 5.97 Å². The van der Waals surface area contributed by atoms with Crippen molar-refractivity contribution in [2.24, 2.45) is 5.92 Å². The lowest BCUT2D eigenvalue weighted by Gasteiger charge is -2.30. The third-order valence-electron chi connectivity index (χ3n) is 3.80. The number of nitrogens with zero attached hydrogens (tertiary/aromatic N) is 2. The van der Waals surface area contributed by atoms with Gasteiger partial charge in [-0.1, -0.05) is 13.0 Å². The van der Waals surface area contributed by atoms with Gasteiger partial charge in [-0.15, -0.1) is 0 Å². The van der Waals surface area contributed by atoms with Crippen LogP contribution >= 0.6 is 0 Å². The van der Waals surface area contributed by atoms with Crippen LogP contribution in [0, 0.1) is 5.92 Å². The van der Waals surface area contributed by atoms with Gasteiger partial charge in [-0.3, -0.25) is 0 Å². The van der Waals surface area contributed by atoms with Crippen LogP contribution in [-0.4, -0.2) is 47.1 Å². The Morgan fingerprint density at radius 3 is 2.90 bits per heavy atom. The second-order valence-electron chi connectivity index (χ2n) is 5.52. The molecule has 110 valence electrons. The highest BCUT2D eigenvalue weighted by atomic mass is 16.4. The lowest BCUT2D eigenvalue weighted by Crippen LogP contribution is -2.34. The Labute approximate surface area is 120 Å². The van der Waals surface area contributed by atoms with Gasteiger partial charge in [-0.2, -0.15) is 0 Å². The highest BCUT2D eigenvalue weighted by Crippen LogP contribution is 2.15. The van der Waals surface area contributed by atoms with Gasteiger partial charge < -0.3 is 15.3 Å². The van der Waals surface area contributed by atoms with Gasteiger partial charge in [-0.05, 0) is 56.9 Å². The largest absolute Gasteiger partial charge is 0.477 e. The molecule has 1 aliphatic rings. The van der Waals surface area contributed by atoms with Crippen LogP contribution in [-0.2, 0) is 0 Å². The zero-order valence-corrected chi connectivity index (χ0v) is 12.0. The molecule has 20 heavy (non-hydrogen) atoms. The molecule has 0 atom stereocenters. The SMILES string of the molecule is CC1CCN(CCCNc2cccc(C(=O)O)n2)CC1. The quantitative estimate of drug-likeness (QED) is 0.781. The van der Waals surface area contributed by atoms with Crippen molar-refractivity contribution in [3.05, 3.63) is 23.9 Å². The van der Waals surface area contributed by atoms with Crippen LogP contribution in [0.25, 0.3) is 0 Å². The molecule has 2 rings (SSSR count). The third kappa shape index (κ3) is 4.49. The first kappa shape index (κ1) is 14.8. The van der Waals surface area contributed by atoms with E-state index in [9.17, 15) is 4.79 Å². The minimum Gasteiger partial charge on any atom is -0.477 e. The molecular weight excluding hydrogens is 254 g/mol. The molecule has 0 unspecified atom stereocenters. The molecule has 1 aliphatic heterocycles. The van der Waals surface area contributed by atoms with Gasteiger partial charge in [0.15, 0.2) is 5.69 Å². The Balaban J connectivity index is 1.68. The molecule has 0 bridgehead atoms. The summed E-state index contributed by atoms with van der Waals surface area (Å²) >= 11 is 0. The fourth-order valence-electron chi connectivity index (χ4n) is 2.46. The summed E-state index contributed by atoms with van der Waals surface area (Å²) in [7, 11) is 0. The van der Waals surface area contributed by atoms with Gasteiger partial charge in [-0.25, -0.2) is 9.78 Å². The van der Waals surface area contributed by atoms with Crippen molar-refractivity contribution in [2.75, 3.05) is 31.5 Å². The molecule has 1 aromatic rings. The number of carboxylic acid groups (broad SMARTS) is 1. The number of aromatic carboxylic acids is 1. The molecule has 1 saturated heterocycles. The second-order valence-corrected chi connectivity index (χ2v) is 5.52. The molecule has 1 fully saturated rings. The average Bonchev–Trinajstić information content (AvgIpc) is 2.46. The highest BCUT2D eigenvalue weighted by Gasteiger charge is 2.14. The summed E-state index contributed by atoms with van der Waals surface area (Å²) in [5.41, 5.74) is 0.0834. The fourth-order valence-corrected chi connectivity index (χ4v) is 2.46. The number of piperidine rings is 1. The Hall–Kier alpha value is -1.62. The number of aromatic nitrogens is 1. The molecular formula is C15H23N3O2. The molecule has 0 aromatic carbocycles. The van der Waals surface area contributed by atoms with Gasteiger partial charge in [0.1, 0.15) is 5.82 Å². The van der Waals surface area contributed by atoms with Crippen LogP contribution in [0.4, 0.5) is 5.82 Å². The Bertz CT molecular complexity index is 442. The second kappa shape index (κ2) is 7.24. The van der Waals surface area contributed by atoms with Gasteiger partial charge in [0, 0.05) is 6.54 Å². The Kier molecular flexibility index (Phi) is 5.35. The number of hydrogen-bond acceptors (Lipinski definition) is 4. The Morgan fingerprint density at radius 2 is 2.20 bits per heavy atom. The topological polar surface area (TPSA) is 65.5 Å². The van der Waals surface area contributed by atoms with Crippen LogP contribution in [0.15, 0.2) is 18.2 Å². The van der Waals surface area contributed by atoms with Crippen molar-refractivity contribution in [1.82, 2.24) is 9.88 Å². The van der Waals surface area contributed by atoms with Crippen molar-refractivity contribution in [1.29, 1.82) is 0 Å².